The predicted molar refractivity (Wildman–Crippen MR) is 92.6 cm³/mol. The van der Waals surface area contributed by atoms with E-state index in [0.29, 0.717) is 17.6 Å². The number of carboxylic acid groups (broad SMARTS) is 1. The predicted octanol–water partition coefficient (Wildman–Crippen LogP) is 5.49. The molecule has 0 aliphatic heterocycles. The first-order chi connectivity index (χ1) is 13.9. The summed E-state index contributed by atoms with van der Waals surface area (Å²) in [6, 6.07) is 5.21. The molecule has 0 amide bonds. The number of fused-ring (bicyclic) bond motifs is 1. The van der Waals surface area contributed by atoms with Crippen molar-refractivity contribution in [2.24, 2.45) is 0 Å². The van der Waals surface area contributed by atoms with Gasteiger partial charge in [-0.1, -0.05) is 0 Å². The lowest BCUT2D eigenvalue weighted by molar-refractivity contribution is -0.143. The van der Waals surface area contributed by atoms with E-state index in [-0.39, 0.29) is 34.2 Å². The van der Waals surface area contributed by atoms with E-state index in [9.17, 15) is 31.1 Å². The molecule has 0 fully saturated rings. The number of benzene rings is 2. The molecule has 0 bridgehead atoms. The maximum absolute atomic E-state index is 13.0. The quantitative estimate of drug-likeness (QED) is 0.522. The minimum Gasteiger partial charge on any atom is -0.497 e. The maximum atomic E-state index is 13.0. The Labute approximate surface area is 164 Å². The zero-order valence-corrected chi connectivity index (χ0v) is 15.1. The summed E-state index contributed by atoms with van der Waals surface area (Å²) in [6.07, 6.45) is -9.95. The summed E-state index contributed by atoms with van der Waals surface area (Å²) in [5.41, 5.74) is -3.14. The van der Waals surface area contributed by atoms with Crippen molar-refractivity contribution in [2.75, 3.05) is 7.11 Å². The van der Waals surface area contributed by atoms with Gasteiger partial charge in [0.25, 0.3) is 0 Å². The van der Waals surface area contributed by atoms with E-state index >= 15 is 0 Å². The van der Waals surface area contributed by atoms with Gasteiger partial charge in [-0.15, -0.1) is 0 Å². The number of aromatic carboxylic acids is 1. The van der Waals surface area contributed by atoms with Gasteiger partial charge in [-0.05, 0) is 29.8 Å². The third-order valence-corrected chi connectivity index (χ3v) is 4.18. The van der Waals surface area contributed by atoms with Crippen molar-refractivity contribution in [2.45, 2.75) is 19.0 Å². The van der Waals surface area contributed by atoms with E-state index < -0.39 is 36.1 Å². The molecule has 1 aromatic heterocycles. The number of aromatic amines is 1. The van der Waals surface area contributed by atoms with Crippen LogP contribution in [0.3, 0.4) is 0 Å². The monoisotopic (exact) mass is 433 g/mol. The fourth-order valence-corrected chi connectivity index (χ4v) is 2.80. The van der Waals surface area contributed by atoms with E-state index in [4.69, 9.17) is 14.6 Å². The highest BCUT2D eigenvalue weighted by Crippen LogP contribution is 2.37. The van der Waals surface area contributed by atoms with Crippen LogP contribution in [-0.4, -0.2) is 23.2 Å². The van der Waals surface area contributed by atoms with Gasteiger partial charge in [0.1, 0.15) is 23.8 Å². The van der Waals surface area contributed by atoms with Crippen molar-refractivity contribution < 1.29 is 45.7 Å². The summed E-state index contributed by atoms with van der Waals surface area (Å²) in [7, 11) is 1.33. The Morgan fingerprint density at radius 3 is 2.07 bits per heavy atom. The number of H-pyrrole nitrogens is 1. The molecular formula is C19H13F6NO4. The summed E-state index contributed by atoms with van der Waals surface area (Å²) in [5.74, 6) is -0.987. The number of nitrogens with one attached hydrogen (secondary N) is 1. The number of hydrogen-bond donors (Lipinski definition) is 2. The number of ether oxygens (including phenoxy) is 2. The molecule has 11 heteroatoms. The Morgan fingerprint density at radius 2 is 1.57 bits per heavy atom. The lowest BCUT2D eigenvalue weighted by Gasteiger charge is -2.15. The van der Waals surface area contributed by atoms with Crippen LogP contribution in [0.25, 0.3) is 10.9 Å². The molecule has 0 saturated heterocycles. The summed E-state index contributed by atoms with van der Waals surface area (Å²) >= 11 is 0. The Morgan fingerprint density at radius 1 is 0.967 bits per heavy atom. The van der Waals surface area contributed by atoms with Crippen LogP contribution in [0.2, 0.25) is 0 Å². The fraction of sp³-hybridized carbons (Fsp3) is 0.211. The van der Waals surface area contributed by atoms with Gasteiger partial charge in [-0.3, -0.25) is 0 Å². The topological polar surface area (TPSA) is 71.6 Å². The first-order valence-corrected chi connectivity index (χ1v) is 8.23. The van der Waals surface area contributed by atoms with Gasteiger partial charge < -0.3 is 19.6 Å². The van der Waals surface area contributed by atoms with Gasteiger partial charge in [-0.2, -0.15) is 26.3 Å². The number of carbonyl (C=O) groups is 1. The molecule has 0 saturated carbocycles. The first kappa shape index (κ1) is 21.3. The molecule has 0 atom stereocenters. The van der Waals surface area contributed by atoms with Crippen LogP contribution in [0.4, 0.5) is 26.3 Å². The van der Waals surface area contributed by atoms with E-state index in [2.05, 4.69) is 4.98 Å². The third-order valence-electron chi connectivity index (χ3n) is 4.18. The van der Waals surface area contributed by atoms with Gasteiger partial charge >= 0.3 is 18.3 Å². The smallest absolute Gasteiger partial charge is 0.416 e. The second-order valence-corrected chi connectivity index (χ2v) is 6.28. The van der Waals surface area contributed by atoms with Crippen LogP contribution >= 0.6 is 0 Å². The van der Waals surface area contributed by atoms with Crippen molar-refractivity contribution in [3.63, 3.8) is 0 Å². The number of aromatic nitrogens is 1. The molecule has 1 heterocycles. The molecule has 0 radical (unpaired) electrons. The lowest BCUT2D eigenvalue weighted by Crippen LogP contribution is -2.12. The molecule has 2 N–H and O–H groups in total. The Bertz CT molecular complexity index is 1070. The van der Waals surface area contributed by atoms with E-state index in [0.717, 1.165) is 0 Å². The van der Waals surface area contributed by atoms with Gasteiger partial charge in [0.05, 0.1) is 23.8 Å². The number of hydrogen-bond acceptors (Lipinski definition) is 3. The average molecular weight is 433 g/mol. The number of rotatable bonds is 5. The van der Waals surface area contributed by atoms with Gasteiger partial charge in [-0.25, -0.2) is 4.79 Å². The van der Waals surface area contributed by atoms with Crippen LogP contribution in [0.5, 0.6) is 11.5 Å². The number of carboxylic acids is 1. The van der Waals surface area contributed by atoms with Crippen LogP contribution in [0.1, 0.15) is 27.2 Å². The molecule has 0 spiro atoms. The number of alkyl halides is 6. The minimum absolute atomic E-state index is 0.0263. The van der Waals surface area contributed by atoms with Gasteiger partial charge in [0.2, 0.25) is 0 Å². The second kappa shape index (κ2) is 7.47. The second-order valence-electron chi connectivity index (χ2n) is 6.28. The van der Waals surface area contributed by atoms with Gasteiger partial charge in [0.15, 0.2) is 0 Å². The number of methoxy groups -OCH3 is 1. The largest absolute Gasteiger partial charge is 0.497 e. The molecule has 0 aliphatic carbocycles. The Hall–Kier alpha value is -3.37. The molecule has 5 nitrogen and oxygen atoms in total. The minimum atomic E-state index is -4.98. The van der Waals surface area contributed by atoms with Crippen molar-refractivity contribution >= 4 is 16.9 Å². The molecular weight excluding hydrogens is 420 g/mol. The highest BCUT2D eigenvalue weighted by Gasteiger charge is 2.36. The Balaban J connectivity index is 2.00. The zero-order valence-electron chi connectivity index (χ0n) is 15.1. The van der Waals surface area contributed by atoms with E-state index in [1.165, 1.54) is 25.3 Å². The zero-order chi connectivity index (χ0) is 22.3. The summed E-state index contributed by atoms with van der Waals surface area (Å²) < 4.78 is 88.5. The SMILES string of the molecule is COc1cc(OCc2cc(C(F)(F)F)cc(C(F)(F)F)c2)c2cc(C(=O)O)[nH]c2c1. The molecule has 2 aromatic carbocycles. The fourth-order valence-electron chi connectivity index (χ4n) is 2.80. The summed E-state index contributed by atoms with van der Waals surface area (Å²) in [5, 5.41) is 9.38. The highest BCUT2D eigenvalue weighted by molar-refractivity contribution is 5.96. The van der Waals surface area contributed by atoms with Crippen molar-refractivity contribution in [3.8, 4) is 11.5 Å². The van der Waals surface area contributed by atoms with Crippen LogP contribution < -0.4 is 9.47 Å². The lowest BCUT2D eigenvalue weighted by atomic mass is 10.1. The van der Waals surface area contributed by atoms with Crippen molar-refractivity contribution in [3.05, 3.63) is 58.8 Å². The van der Waals surface area contributed by atoms with E-state index in [1.807, 2.05) is 0 Å². The van der Waals surface area contributed by atoms with Crippen molar-refractivity contribution in [1.29, 1.82) is 0 Å². The van der Waals surface area contributed by atoms with Crippen LogP contribution in [0.15, 0.2) is 36.4 Å². The first-order valence-electron chi connectivity index (χ1n) is 8.23. The normalized spacial score (nSPS) is 12.2. The molecule has 3 aromatic rings. The Kier molecular flexibility index (Phi) is 5.31. The van der Waals surface area contributed by atoms with Crippen LogP contribution in [0, 0.1) is 0 Å². The molecule has 0 unspecified atom stereocenters. The highest BCUT2D eigenvalue weighted by atomic mass is 19.4. The van der Waals surface area contributed by atoms with Crippen LogP contribution in [-0.2, 0) is 19.0 Å². The standard InChI is InChI=1S/C19H13F6NO4/c1-29-12-5-14-13(7-15(26-14)17(27)28)16(6-12)30-8-9-2-10(18(20,21)22)4-11(3-9)19(23,24)25/h2-7,26H,8H2,1H3,(H,27,28). The van der Waals surface area contributed by atoms with E-state index in [1.54, 1.807) is 0 Å². The molecule has 160 valence electrons. The molecule has 0 aliphatic rings. The summed E-state index contributed by atoms with van der Waals surface area (Å²) in [4.78, 5) is 13.8. The summed E-state index contributed by atoms with van der Waals surface area (Å²) in [6.45, 7) is -0.622. The number of halogens is 6. The molecule has 3 rings (SSSR count). The third kappa shape index (κ3) is 4.44. The molecule has 30 heavy (non-hydrogen) atoms. The maximum Gasteiger partial charge on any atom is 0.416 e. The average Bonchev–Trinajstić information content (AvgIpc) is 3.09. The van der Waals surface area contributed by atoms with Crippen molar-refractivity contribution in [1.82, 2.24) is 4.98 Å². The van der Waals surface area contributed by atoms with Gasteiger partial charge in [0, 0.05) is 17.5 Å².